The molecule has 0 bridgehead atoms. The lowest BCUT2D eigenvalue weighted by Crippen LogP contribution is -2.49. The number of hydrogen-bond acceptors (Lipinski definition) is 6. The number of fused-ring (bicyclic) bond motifs is 3. The second kappa shape index (κ2) is 10.2. The van der Waals surface area contributed by atoms with Gasteiger partial charge in [-0.1, -0.05) is 48.5 Å². The molecule has 34 heavy (non-hydrogen) atoms. The van der Waals surface area contributed by atoms with E-state index in [2.05, 4.69) is 22.8 Å². The summed E-state index contributed by atoms with van der Waals surface area (Å²) in [4.78, 5) is 35.8. The van der Waals surface area contributed by atoms with Gasteiger partial charge in [-0.3, -0.25) is 4.79 Å². The first-order chi connectivity index (χ1) is 16.3. The van der Waals surface area contributed by atoms with Gasteiger partial charge in [-0.25, -0.2) is 9.59 Å². The van der Waals surface area contributed by atoms with E-state index in [9.17, 15) is 19.5 Å². The number of aliphatic hydroxyl groups is 1. The molecule has 1 heterocycles. The van der Waals surface area contributed by atoms with Gasteiger partial charge in [0.2, 0.25) is 5.91 Å². The van der Waals surface area contributed by atoms with Gasteiger partial charge in [0.15, 0.2) is 6.04 Å². The van der Waals surface area contributed by atoms with Crippen LogP contribution in [0.4, 0.5) is 4.79 Å². The fourth-order valence-electron chi connectivity index (χ4n) is 4.54. The smallest absolute Gasteiger partial charge is 0.407 e. The van der Waals surface area contributed by atoms with E-state index in [0.717, 1.165) is 22.3 Å². The van der Waals surface area contributed by atoms with Crippen molar-refractivity contribution in [2.75, 3.05) is 19.8 Å². The van der Waals surface area contributed by atoms with Crippen LogP contribution in [0.2, 0.25) is 0 Å². The SMILES string of the molecule is CC(O)C(NC(=O)C1COC(CNC(=O)OCC2c3ccccc3-c3ccccc32)C1)C(=O)O. The van der Waals surface area contributed by atoms with Crippen LogP contribution < -0.4 is 10.6 Å². The van der Waals surface area contributed by atoms with E-state index < -0.39 is 42.1 Å². The number of aliphatic hydroxyl groups excluding tert-OH is 1. The van der Waals surface area contributed by atoms with Gasteiger partial charge in [0, 0.05) is 12.5 Å². The molecule has 4 rings (SSSR count). The van der Waals surface area contributed by atoms with Crippen LogP contribution >= 0.6 is 0 Å². The number of carboxylic acid groups (broad SMARTS) is 1. The number of carbonyl (C=O) groups is 3. The standard InChI is InChI=1S/C25H28N2O7/c1-14(28)22(24(30)31)27-23(29)15-10-16(33-12-15)11-26-25(32)34-13-21-19-8-4-2-6-17(19)18-7-3-5-9-20(18)21/h2-9,14-16,21-22,28H,10-13H2,1H3,(H,26,32)(H,27,29)(H,30,31). The van der Waals surface area contributed by atoms with Crippen LogP contribution in [0.3, 0.4) is 0 Å². The number of rotatable bonds is 8. The van der Waals surface area contributed by atoms with Gasteiger partial charge in [0.25, 0.3) is 0 Å². The molecule has 4 unspecified atom stereocenters. The number of amides is 2. The lowest BCUT2D eigenvalue weighted by Gasteiger charge is -2.19. The Morgan fingerprint density at radius 1 is 1.09 bits per heavy atom. The molecule has 0 saturated carbocycles. The summed E-state index contributed by atoms with van der Waals surface area (Å²) in [7, 11) is 0. The first-order valence-corrected chi connectivity index (χ1v) is 11.3. The number of aliphatic carboxylic acids is 1. The van der Waals surface area contributed by atoms with E-state index in [1.54, 1.807) is 0 Å². The van der Waals surface area contributed by atoms with Gasteiger partial charge >= 0.3 is 12.1 Å². The number of carboxylic acids is 1. The van der Waals surface area contributed by atoms with Gasteiger partial charge in [0.05, 0.1) is 24.7 Å². The molecule has 1 aliphatic carbocycles. The molecule has 2 aliphatic rings. The van der Waals surface area contributed by atoms with Crippen LogP contribution in [0.5, 0.6) is 0 Å². The van der Waals surface area contributed by atoms with Gasteiger partial charge in [-0.05, 0) is 35.6 Å². The number of carbonyl (C=O) groups excluding carboxylic acids is 2. The van der Waals surface area contributed by atoms with Gasteiger partial charge < -0.3 is 30.3 Å². The van der Waals surface area contributed by atoms with E-state index in [4.69, 9.17) is 14.6 Å². The Bertz CT molecular complexity index is 1030. The minimum Gasteiger partial charge on any atom is -0.480 e. The number of ether oxygens (including phenoxy) is 2. The van der Waals surface area contributed by atoms with Crippen molar-refractivity contribution in [1.82, 2.24) is 10.6 Å². The fraction of sp³-hybridized carbons (Fsp3) is 0.400. The van der Waals surface area contributed by atoms with Gasteiger partial charge in [-0.2, -0.15) is 0 Å². The molecule has 2 aromatic rings. The van der Waals surface area contributed by atoms with E-state index in [-0.39, 0.29) is 25.7 Å². The number of benzene rings is 2. The molecule has 2 amide bonds. The third-order valence-corrected chi connectivity index (χ3v) is 6.32. The maximum absolute atomic E-state index is 12.3. The van der Waals surface area contributed by atoms with E-state index in [0.29, 0.717) is 6.42 Å². The molecule has 0 spiro atoms. The van der Waals surface area contributed by atoms with Crippen molar-refractivity contribution in [3.05, 3.63) is 59.7 Å². The molecule has 4 atom stereocenters. The normalized spacial score (nSPS) is 20.6. The summed E-state index contributed by atoms with van der Waals surface area (Å²) >= 11 is 0. The molecule has 4 N–H and O–H groups in total. The minimum atomic E-state index is -1.38. The first kappa shape index (κ1) is 23.7. The number of alkyl carbamates (subject to hydrolysis) is 1. The number of hydrogen-bond donors (Lipinski definition) is 4. The van der Waals surface area contributed by atoms with Crippen molar-refractivity contribution in [3.8, 4) is 11.1 Å². The van der Waals surface area contributed by atoms with Crippen molar-refractivity contribution < 1.29 is 34.1 Å². The predicted octanol–water partition coefficient (Wildman–Crippen LogP) is 1.88. The Morgan fingerprint density at radius 3 is 2.29 bits per heavy atom. The van der Waals surface area contributed by atoms with Crippen LogP contribution in [0.25, 0.3) is 11.1 Å². The Hall–Kier alpha value is -3.43. The molecule has 180 valence electrons. The average molecular weight is 469 g/mol. The summed E-state index contributed by atoms with van der Waals surface area (Å²) in [5.41, 5.74) is 4.55. The Balaban J connectivity index is 1.25. The Morgan fingerprint density at radius 2 is 1.71 bits per heavy atom. The summed E-state index contributed by atoms with van der Waals surface area (Å²) in [6, 6.07) is 14.8. The van der Waals surface area contributed by atoms with Gasteiger partial charge in [0.1, 0.15) is 6.61 Å². The van der Waals surface area contributed by atoms with Crippen LogP contribution in [-0.2, 0) is 19.1 Å². The maximum atomic E-state index is 12.3. The molecule has 1 aliphatic heterocycles. The van der Waals surface area contributed by atoms with Crippen LogP contribution in [-0.4, -0.2) is 66.2 Å². The summed E-state index contributed by atoms with van der Waals surface area (Å²) in [6.45, 7) is 1.77. The van der Waals surface area contributed by atoms with Crippen molar-refractivity contribution in [2.24, 2.45) is 5.92 Å². The Kier molecular flexibility index (Phi) is 7.14. The van der Waals surface area contributed by atoms with Crippen LogP contribution in [0.15, 0.2) is 48.5 Å². The van der Waals surface area contributed by atoms with Crippen molar-refractivity contribution in [3.63, 3.8) is 0 Å². The van der Waals surface area contributed by atoms with Crippen molar-refractivity contribution >= 4 is 18.0 Å². The Labute approximate surface area is 197 Å². The number of nitrogens with one attached hydrogen (secondary N) is 2. The largest absolute Gasteiger partial charge is 0.480 e. The summed E-state index contributed by atoms with van der Waals surface area (Å²) < 4.78 is 11.1. The minimum absolute atomic E-state index is 0.0370. The molecular formula is C25H28N2O7. The average Bonchev–Trinajstić information content (AvgIpc) is 3.42. The lowest BCUT2D eigenvalue weighted by atomic mass is 9.98. The highest BCUT2D eigenvalue weighted by atomic mass is 16.5. The molecule has 1 saturated heterocycles. The van der Waals surface area contributed by atoms with Crippen molar-refractivity contribution in [1.29, 1.82) is 0 Å². The third-order valence-electron chi connectivity index (χ3n) is 6.32. The molecule has 2 aromatic carbocycles. The van der Waals surface area contributed by atoms with E-state index in [1.165, 1.54) is 6.92 Å². The summed E-state index contributed by atoms with van der Waals surface area (Å²) in [6.07, 6.45) is -1.87. The second-order valence-corrected chi connectivity index (χ2v) is 8.66. The second-order valence-electron chi connectivity index (χ2n) is 8.66. The molecule has 1 fully saturated rings. The molecule has 9 nitrogen and oxygen atoms in total. The topological polar surface area (TPSA) is 134 Å². The molecular weight excluding hydrogens is 440 g/mol. The van der Waals surface area contributed by atoms with E-state index in [1.807, 2.05) is 36.4 Å². The molecule has 9 heteroatoms. The summed E-state index contributed by atoms with van der Waals surface area (Å²) in [5, 5.41) is 23.6. The highest BCUT2D eigenvalue weighted by Gasteiger charge is 2.35. The quantitative estimate of drug-likeness (QED) is 0.465. The van der Waals surface area contributed by atoms with E-state index >= 15 is 0 Å². The zero-order valence-corrected chi connectivity index (χ0v) is 18.8. The van der Waals surface area contributed by atoms with Gasteiger partial charge in [-0.15, -0.1) is 0 Å². The first-order valence-electron chi connectivity index (χ1n) is 11.3. The lowest BCUT2D eigenvalue weighted by molar-refractivity contribution is -0.145. The zero-order valence-electron chi connectivity index (χ0n) is 18.8. The monoisotopic (exact) mass is 468 g/mol. The molecule has 0 aromatic heterocycles. The fourth-order valence-corrected chi connectivity index (χ4v) is 4.54. The highest BCUT2D eigenvalue weighted by molar-refractivity contribution is 5.85. The van der Waals surface area contributed by atoms with Crippen LogP contribution in [0, 0.1) is 5.92 Å². The van der Waals surface area contributed by atoms with Crippen LogP contribution in [0.1, 0.15) is 30.4 Å². The zero-order chi connectivity index (χ0) is 24.2. The third kappa shape index (κ3) is 5.05. The molecule has 0 radical (unpaired) electrons. The maximum Gasteiger partial charge on any atom is 0.407 e. The predicted molar refractivity (Wildman–Crippen MR) is 122 cm³/mol. The van der Waals surface area contributed by atoms with Crippen molar-refractivity contribution in [2.45, 2.75) is 37.5 Å². The highest BCUT2D eigenvalue weighted by Crippen LogP contribution is 2.44. The summed E-state index contributed by atoms with van der Waals surface area (Å²) in [5.74, 6) is -2.41.